The lowest BCUT2D eigenvalue weighted by Gasteiger charge is -1.95. The smallest absolute Gasteiger partial charge is 0.301 e. The normalized spacial score (nSPS) is 9.70. The minimum absolute atomic E-state index is 0.503. The molecule has 0 atom stereocenters. The lowest BCUT2D eigenvalue weighted by atomic mass is 10.4. The summed E-state index contributed by atoms with van der Waals surface area (Å²) in [6, 6.07) is 0. The van der Waals surface area contributed by atoms with Crippen molar-refractivity contribution in [3.8, 4) is 0 Å². The van der Waals surface area contributed by atoms with Gasteiger partial charge in [-0.1, -0.05) is 6.92 Å². The van der Waals surface area contributed by atoms with E-state index in [9.17, 15) is 4.79 Å². The monoisotopic (exact) mass is 140 g/mol. The maximum atomic E-state index is 10.5. The SMILES string of the molecule is CCc1cn(O)c(=O)cn1. The van der Waals surface area contributed by atoms with Crippen LogP contribution in [0.4, 0.5) is 0 Å². The van der Waals surface area contributed by atoms with Crippen LogP contribution in [0.5, 0.6) is 0 Å². The molecule has 0 radical (unpaired) electrons. The van der Waals surface area contributed by atoms with Crippen molar-refractivity contribution in [3.63, 3.8) is 0 Å². The first-order valence-corrected chi connectivity index (χ1v) is 3.01. The average Bonchev–Trinajstić information content (AvgIpc) is 1.95. The predicted octanol–water partition coefficient (Wildman–Crippen LogP) is 0.0430. The first-order chi connectivity index (χ1) is 4.74. The Balaban J connectivity index is 3.17. The van der Waals surface area contributed by atoms with Crippen LogP contribution in [0.15, 0.2) is 17.2 Å². The highest BCUT2D eigenvalue weighted by Gasteiger charge is 1.93. The minimum atomic E-state index is -0.503. The summed E-state index contributed by atoms with van der Waals surface area (Å²) in [6.07, 6.45) is 3.11. The van der Waals surface area contributed by atoms with E-state index >= 15 is 0 Å². The van der Waals surface area contributed by atoms with Gasteiger partial charge in [0, 0.05) is 0 Å². The zero-order valence-electron chi connectivity index (χ0n) is 5.61. The highest BCUT2D eigenvalue weighted by molar-refractivity contribution is 4.94. The summed E-state index contributed by atoms with van der Waals surface area (Å²) in [7, 11) is 0. The standard InChI is InChI=1S/C6H8N2O2/c1-2-5-4-8(10)6(9)3-7-5/h3-4,10H,2H2,1H3. The van der Waals surface area contributed by atoms with Crippen LogP contribution in [0.25, 0.3) is 0 Å². The van der Waals surface area contributed by atoms with Crippen molar-refractivity contribution >= 4 is 0 Å². The second kappa shape index (κ2) is 2.51. The second-order valence-electron chi connectivity index (χ2n) is 1.91. The number of aromatic nitrogens is 2. The Hall–Kier alpha value is -1.32. The van der Waals surface area contributed by atoms with Crippen molar-refractivity contribution in [3.05, 3.63) is 28.4 Å². The molecule has 4 nitrogen and oxygen atoms in total. The molecule has 1 aromatic heterocycles. The molecule has 0 spiro atoms. The Kier molecular flexibility index (Phi) is 1.71. The highest BCUT2D eigenvalue weighted by Crippen LogP contribution is 1.88. The quantitative estimate of drug-likeness (QED) is 0.560. The third-order valence-corrected chi connectivity index (χ3v) is 1.20. The van der Waals surface area contributed by atoms with Gasteiger partial charge in [-0.15, -0.1) is 0 Å². The van der Waals surface area contributed by atoms with E-state index in [1.807, 2.05) is 6.92 Å². The molecule has 1 aromatic rings. The van der Waals surface area contributed by atoms with E-state index in [-0.39, 0.29) is 0 Å². The van der Waals surface area contributed by atoms with Crippen LogP contribution in [-0.2, 0) is 6.42 Å². The van der Waals surface area contributed by atoms with Gasteiger partial charge in [-0.2, -0.15) is 4.73 Å². The van der Waals surface area contributed by atoms with Crippen molar-refractivity contribution in [2.45, 2.75) is 13.3 Å². The van der Waals surface area contributed by atoms with Crippen LogP contribution in [0, 0.1) is 0 Å². The van der Waals surface area contributed by atoms with Crippen LogP contribution in [0.3, 0.4) is 0 Å². The molecule has 0 amide bonds. The molecule has 1 heterocycles. The van der Waals surface area contributed by atoms with E-state index in [0.717, 1.165) is 6.20 Å². The van der Waals surface area contributed by atoms with E-state index in [2.05, 4.69) is 4.98 Å². The van der Waals surface area contributed by atoms with Gasteiger partial charge < -0.3 is 5.21 Å². The Morgan fingerprint density at radius 1 is 1.80 bits per heavy atom. The lowest BCUT2D eigenvalue weighted by molar-refractivity contribution is 0.172. The number of hydrogen-bond acceptors (Lipinski definition) is 3. The van der Waals surface area contributed by atoms with E-state index in [1.54, 1.807) is 0 Å². The largest absolute Gasteiger partial charge is 0.425 e. The lowest BCUT2D eigenvalue weighted by Crippen LogP contribution is -2.17. The van der Waals surface area contributed by atoms with Gasteiger partial charge >= 0.3 is 5.56 Å². The third-order valence-electron chi connectivity index (χ3n) is 1.20. The first kappa shape index (κ1) is 6.80. The summed E-state index contributed by atoms with van der Waals surface area (Å²) in [6.45, 7) is 1.90. The van der Waals surface area contributed by atoms with Gasteiger partial charge in [0.05, 0.1) is 18.1 Å². The zero-order valence-corrected chi connectivity index (χ0v) is 5.61. The van der Waals surface area contributed by atoms with E-state index in [0.29, 0.717) is 16.8 Å². The molecule has 0 fully saturated rings. The molecular formula is C6H8N2O2. The van der Waals surface area contributed by atoms with Crippen molar-refractivity contribution in [1.82, 2.24) is 9.71 Å². The molecule has 4 heteroatoms. The maximum Gasteiger partial charge on any atom is 0.301 e. The van der Waals surface area contributed by atoms with Crippen molar-refractivity contribution in [2.24, 2.45) is 0 Å². The van der Waals surface area contributed by atoms with Crippen molar-refractivity contribution in [2.75, 3.05) is 0 Å². The van der Waals surface area contributed by atoms with E-state index in [4.69, 9.17) is 5.21 Å². The molecule has 54 valence electrons. The maximum absolute atomic E-state index is 10.5. The molecule has 0 aliphatic rings. The Bertz CT molecular complexity index is 279. The topological polar surface area (TPSA) is 55.1 Å². The Labute approximate surface area is 57.7 Å². The van der Waals surface area contributed by atoms with Crippen LogP contribution in [-0.4, -0.2) is 14.9 Å². The van der Waals surface area contributed by atoms with Crippen LogP contribution in [0.1, 0.15) is 12.6 Å². The molecule has 0 aromatic carbocycles. The van der Waals surface area contributed by atoms with Gasteiger partial charge in [0.25, 0.3) is 0 Å². The molecule has 0 aliphatic carbocycles. The molecule has 0 unspecified atom stereocenters. The second-order valence-corrected chi connectivity index (χ2v) is 1.91. The highest BCUT2D eigenvalue weighted by atomic mass is 16.5. The molecule has 0 saturated carbocycles. The number of hydrogen-bond donors (Lipinski definition) is 1. The Morgan fingerprint density at radius 3 is 3.00 bits per heavy atom. The number of aryl methyl sites for hydroxylation is 1. The van der Waals surface area contributed by atoms with Crippen molar-refractivity contribution < 1.29 is 5.21 Å². The molecule has 0 bridgehead atoms. The average molecular weight is 140 g/mol. The minimum Gasteiger partial charge on any atom is -0.425 e. The Morgan fingerprint density at radius 2 is 2.50 bits per heavy atom. The summed E-state index contributed by atoms with van der Waals surface area (Å²) in [5.74, 6) is 0. The fraction of sp³-hybridized carbons (Fsp3) is 0.333. The summed E-state index contributed by atoms with van der Waals surface area (Å²) >= 11 is 0. The van der Waals surface area contributed by atoms with Crippen molar-refractivity contribution in [1.29, 1.82) is 0 Å². The zero-order chi connectivity index (χ0) is 7.56. The summed E-state index contributed by atoms with van der Waals surface area (Å²) in [4.78, 5) is 14.3. The predicted molar refractivity (Wildman–Crippen MR) is 35.1 cm³/mol. The third kappa shape index (κ3) is 1.15. The number of nitrogens with zero attached hydrogens (tertiary/aromatic N) is 2. The summed E-state index contributed by atoms with van der Waals surface area (Å²) in [5, 5.41) is 8.80. The molecule has 1 rings (SSSR count). The van der Waals surface area contributed by atoms with Gasteiger partial charge in [-0.05, 0) is 6.42 Å². The summed E-state index contributed by atoms with van der Waals surface area (Å²) in [5.41, 5.74) is 0.194. The van der Waals surface area contributed by atoms with Gasteiger partial charge in [-0.3, -0.25) is 9.78 Å². The fourth-order valence-electron chi connectivity index (χ4n) is 0.618. The van der Waals surface area contributed by atoms with Gasteiger partial charge in [0.1, 0.15) is 0 Å². The molecule has 0 saturated heterocycles. The molecular weight excluding hydrogens is 132 g/mol. The van der Waals surface area contributed by atoms with Gasteiger partial charge in [-0.25, -0.2) is 0 Å². The van der Waals surface area contributed by atoms with Gasteiger partial charge in [0.2, 0.25) is 0 Å². The fourth-order valence-corrected chi connectivity index (χ4v) is 0.618. The van der Waals surface area contributed by atoms with Crippen LogP contribution >= 0.6 is 0 Å². The summed E-state index contributed by atoms with van der Waals surface area (Å²) < 4.78 is 0.534. The molecule has 1 N–H and O–H groups in total. The van der Waals surface area contributed by atoms with Gasteiger partial charge in [0.15, 0.2) is 0 Å². The first-order valence-electron chi connectivity index (χ1n) is 3.01. The molecule has 0 aliphatic heterocycles. The van der Waals surface area contributed by atoms with E-state index in [1.165, 1.54) is 6.20 Å². The molecule has 10 heavy (non-hydrogen) atoms. The number of rotatable bonds is 1. The van der Waals surface area contributed by atoms with Crippen LogP contribution < -0.4 is 5.56 Å². The van der Waals surface area contributed by atoms with Crippen LogP contribution in [0.2, 0.25) is 0 Å². The van der Waals surface area contributed by atoms with E-state index < -0.39 is 5.56 Å².